The Morgan fingerprint density at radius 2 is 2.27 bits per heavy atom. The normalized spacial score (nSPS) is 22.1. The molecular weight excluding hydrogens is 229 g/mol. The van der Waals surface area contributed by atoms with E-state index in [4.69, 9.17) is 23.2 Å². The zero-order valence-corrected chi connectivity index (χ0v) is 10.1. The third-order valence-electron chi connectivity index (χ3n) is 2.88. The van der Waals surface area contributed by atoms with Gasteiger partial charge in [0.05, 0.1) is 0 Å². The van der Waals surface area contributed by atoms with Crippen LogP contribution in [0.25, 0.3) is 0 Å². The smallest absolute Gasteiger partial charge is 0.0409 e. The van der Waals surface area contributed by atoms with Crippen molar-refractivity contribution in [2.24, 2.45) is 5.92 Å². The summed E-state index contributed by atoms with van der Waals surface area (Å²) in [6, 6.07) is 8.08. The summed E-state index contributed by atoms with van der Waals surface area (Å²) in [7, 11) is 0. The van der Waals surface area contributed by atoms with Crippen LogP contribution in [0.4, 0.5) is 0 Å². The molecule has 1 aliphatic rings. The van der Waals surface area contributed by atoms with Gasteiger partial charge in [-0.15, -0.1) is 11.6 Å². The SMILES string of the molecule is ClCC1CCN(Cc2cccc(Cl)c2)C1. The maximum Gasteiger partial charge on any atom is 0.0409 e. The molecule has 0 bridgehead atoms. The van der Waals surface area contributed by atoms with Crippen LogP contribution in [-0.4, -0.2) is 23.9 Å². The second kappa shape index (κ2) is 5.20. The van der Waals surface area contributed by atoms with Gasteiger partial charge in [-0.05, 0) is 36.6 Å². The minimum atomic E-state index is 0.672. The summed E-state index contributed by atoms with van der Waals surface area (Å²) in [5.74, 6) is 1.46. The number of nitrogens with zero attached hydrogens (tertiary/aromatic N) is 1. The molecule has 1 aromatic carbocycles. The Hall–Kier alpha value is -0.240. The summed E-state index contributed by atoms with van der Waals surface area (Å²) >= 11 is 11.8. The van der Waals surface area contributed by atoms with Gasteiger partial charge in [-0.3, -0.25) is 4.90 Å². The van der Waals surface area contributed by atoms with E-state index in [9.17, 15) is 0 Å². The van der Waals surface area contributed by atoms with E-state index in [1.54, 1.807) is 0 Å². The van der Waals surface area contributed by atoms with E-state index in [2.05, 4.69) is 11.0 Å². The van der Waals surface area contributed by atoms with Gasteiger partial charge in [-0.1, -0.05) is 23.7 Å². The lowest BCUT2D eigenvalue weighted by Gasteiger charge is -2.15. The number of likely N-dealkylation sites (tertiary alicyclic amines) is 1. The molecule has 1 aliphatic heterocycles. The predicted molar refractivity (Wildman–Crippen MR) is 65.6 cm³/mol. The molecule has 82 valence electrons. The molecule has 1 fully saturated rings. The van der Waals surface area contributed by atoms with Gasteiger partial charge in [-0.2, -0.15) is 0 Å². The topological polar surface area (TPSA) is 3.24 Å². The Balaban J connectivity index is 1.92. The van der Waals surface area contributed by atoms with Crippen LogP contribution < -0.4 is 0 Å². The van der Waals surface area contributed by atoms with Crippen molar-refractivity contribution in [1.82, 2.24) is 4.90 Å². The van der Waals surface area contributed by atoms with Crippen molar-refractivity contribution in [1.29, 1.82) is 0 Å². The fourth-order valence-corrected chi connectivity index (χ4v) is 2.54. The Morgan fingerprint density at radius 3 is 2.93 bits per heavy atom. The second-order valence-corrected chi connectivity index (χ2v) is 4.92. The summed E-state index contributed by atoms with van der Waals surface area (Å²) in [5, 5.41) is 0.820. The van der Waals surface area contributed by atoms with Crippen molar-refractivity contribution < 1.29 is 0 Å². The zero-order chi connectivity index (χ0) is 10.7. The standard InChI is InChI=1S/C12H15Cl2N/c13-7-11-4-5-15(9-11)8-10-2-1-3-12(14)6-10/h1-3,6,11H,4-5,7-9H2. The molecule has 2 rings (SSSR count). The first-order valence-corrected chi connectivity index (χ1v) is 6.22. The minimum Gasteiger partial charge on any atom is -0.299 e. The summed E-state index contributed by atoms with van der Waals surface area (Å²) in [6.07, 6.45) is 1.23. The van der Waals surface area contributed by atoms with Gasteiger partial charge in [0.15, 0.2) is 0 Å². The Morgan fingerprint density at radius 1 is 1.40 bits per heavy atom. The molecule has 1 saturated heterocycles. The first kappa shape index (κ1) is 11.3. The van der Waals surface area contributed by atoms with Crippen molar-refractivity contribution >= 4 is 23.2 Å². The highest BCUT2D eigenvalue weighted by atomic mass is 35.5. The van der Waals surface area contributed by atoms with Crippen molar-refractivity contribution in [3.05, 3.63) is 34.9 Å². The van der Waals surface area contributed by atoms with Crippen molar-refractivity contribution in [3.63, 3.8) is 0 Å². The highest BCUT2D eigenvalue weighted by Gasteiger charge is 2.21. The lowest BCUT2D eigenvalue weighted by molar-refractivity contribution is 0.321. The summed E-state index contributed by atoms with van der Waals surface area (Å²) in [4.78, 5) is 2.44. The van der Waals surface area contributed by atoms with Gasteiger partial charge in [0.2, 0.25) is 0 Å². The lowest BCUT2D eigenvalue weighted by atomic mass is 10.2. The average molecular weight is 244 g/mol. The van der Waals surface area contributed by atoms with Crippen LogP contribution in [0.5, 0.6) is 0 Å². The van der Waals surface area contributed by atoms with Crippen molar-refractivity contribution in [2.75, 3.05) is 19.0 Å². The maximum atomic E-state index is 5.95. The second-order valence-electron chi connectivity index (χ2n) is 4.17. The maximum absolute atomic E-state index is 5.95. The quantitative estimate of drug-likeness (QED) is 0.736. The third-order valence-corrected chi connectivity index (χ3v) is 3.55. The van der Waals surface area contributed by atoms with Gasteiger partial charge < -0.3 is 0 Å². The molecule has 15 heavy (non-hydrogen) atoms. The molecule has 3 heteroatoms. The number of hydrogen-bond donors (Lipinski definition) is 0. The van der Waals surface area contributed by atoms with E-state index in [1.807, 2.05) is 18.2 Å². The lowest BCUT2D eigenvalue weighted by Crippen LogP contribution is -2.20. The van der Waals surface area contributed by atoms with Gasteiger partial charge in [0.25, 0.3) is 0 Å². The van der Waals surface area contributed by atoms with E-state index in [0.717, 1.165) is 30.5 Å². The van der Waals surface area contributed by atoms with Crippen LogP contribution in [0.2, 0.25) is 5.02 Å². The number of alkyl halides is 1. The van der Waals surface area contributed by atoms with Gasteiger partial charge in [-0.25, -0.2) is 0 Å². The number of halogens is 2. The average Bonchev–Trinajstić information content (AvgIpc) is 2.65. The molecular formula is C12H15Cl2N. The van der Waals surface area contributed by atoms with E-state index in [0.29, 0.717) is 5.92 Å². The zero-order valence-electron chi connectivity index (χ0n) is 8.63. The van der Waals surface area contributed by atoms with Crippen molar-refractivity contribution in [2.45, 2.75) is 13.0 Å². The van der Waals surface area contributed by atoms with Crippen molar-refractivity contribution in [3.8, 4) is 0 Å². The van der Waals surface area contributed by atoms with Crippen LogP contribution in [0.15, 0.2) is 24.3 Å². The highest BCUT2D eigenvalue weighted by Crippen LogP contribution is 2.20. The highest BCUT2D eigenvalue weighted by molar-refractivity contribution is 6.30. The van der Waals surface area contributed by atoms with Gasteiger partial charge in [0, 0.05) is 24.0 Å². The first-order valence-electron chi connectivity index (χ1n) is 5.30. The summed E-state index contributed by atoms with van der Waals surface area (Å²) in [6.45, 7) is 3.27. The van der Waals surface area contributed by atoms with E-state index in [-0.39, 0.29) is 0 Å². The molecule has 1 nitrogen and oxygen atoms in total. The number of rotatable bonds is 3. The number of benzene rings is 1. The third kappa shape index (κ3) is 3.10. The molecule has 0 spiro atoms. The Kier molecular flexibility index (Phi) is 3.90. The fraction of sp³-hybridized carbons (Fsp3) is 0.500. The van der Waals surface area contributed by atoms with Gasteiger partial charge >= 0.3 is 0 Å². The summed E-state index contributed by atoms with van der Waals surface area (Å²) < 4.78 is 0. The van der Waals surface area contributed by atoms with Crippen LogP contribution >= 0.6 is 23.2 Å². The molecule has 1 aromatic rings. The molecule has 1 unspecified atom stereocenters. The Labute approximate surface area is 101 Å². The van der Waals surface area contributed by atoms with Crippen LogP contribution in [0.3, 0.4) is 0 Å². The predicted octanol–water partition coefficient (Wildman–Crippen LogP) is 3.40. The molecule has 0 saturated carbocycles. The van der Waals surface area contributed by atoms with Gasteiger partial charge in [0.1, 0.15) is 0 Å². The minimum absolute atomic E-state index is 0.672. The molecule has 1 heterocycles. The molecule has 1 atom stereocenters. The molecule has 0 amide bonds. The number of hydrogen-bond acceptors (Lipinski definition) is 1. The monoisotopic (exact) mass is 243 g/mol. The van der Waals surface area contributed by atoms with Crippen LogP contribution in [-0.2, 0) is 6.54 Å². The van der Waals surface area contributed by atoms with E-state index >= 15 is 0 Å². The summed E-state index contributed by atoms with van der Waals surface area (Å²) in [5.41, 5.74) is 1.29. The van der Waals surface area contributed by atoms with E-state index in [1.165, 1.54) is 12.0 Å². The Bertz CT molecular complexity index is 327. The first-order chi connectivity index (χ1) is 7.28. The molecule has 0 aromatic heterocycles. The molecule has 0 aliphatic carbocycles. The largest absolute Gasteiger partial charge is 0.299 e. The van der Waals surface area contributed by atoms with Crippen LogP contribution in [0.1, 0.15) is 12.0 Å². The molecule has 0 radical (unpaired) electrons. The fourth-order valence-electron chi connectivity index (χ4n) is 2.08. The van der Waals surface area contributed by atoms with E-state index < -0.39 is 0 Å². The van der Waals surface area contributed by atoms with Crippen LogP contribution in [0, 0.1) is 5.92 Å². The molecule has 0 N–H and O–H groups in total.